The van der Waals surface area contributed by atoms with Gasteiger partial charge >= 0.3 is 0 Å². The number of pyridine rings is 2. The van der Waals surface area contributed by atoms with Gasteiger partial charge in [0.05, 0.1) is 11.7 Å². The van der Waals surface area contributed by atoms with Crippen molar-refractivity contribution in [3.8, 4) is 5.75 Å². The molecule has 0 radical (unpaired) electrons. The number of hydrogen-bond acceptors (Lipinski definition) is 5. The Labute approximate surface area is 168 Å². The van der Waals surface area contributed by atoms with Gasteiger partial charge in [0, 0.05) is 41.6 Å². The highest BCUT2D eigenvalue weighted by molar-refractivity contribution is 5.89. The minimum absolute atomic E-state index is 0.120. The zero-order valence-electron chi connectivity index (χ0n) is 15.8. The monoisotopic (exact) mass is 384 g/mol. The largest absolute Gasteiger partial charge is 0.505 e. The minimum Gasteiger partial charge on any atom is -0.505 e. The Morgan fingerprint density at radius 1 is 0.897 bits per heavy atom. The van der Waals surface area contributed by atoms with Crippen LogP contribution < -0.4 is 10.6 Å². The van der Waals surface area contributed by atoms with Crippen molar-refractivity contribution in [3.05, 3.63) is 90.4 Å². The number of nitrogens with one attached hydrogen (secondary N) is 2. The zero-order valence-corrected chi connectivity index (χ0v) is 15.8. The molecule has 6 heteroatoms. The summed E-state index contributed by atoms with van der Waals surface area (Å²) in [7, 11) is 0. The second kappa shape index (κ2) is 7.98. The second-order valence-corrected chi connectivity index (χ2v) is 6.67. The van der Waals surface area contributed by atoms with Gasteiger partial charge in [-0.05, 0) is 42.5 Å². The normalized spacial score (nSPS) is 11.8. The van der Waals surface area contributed by atoms with Crippen LogP contribution in [-0.2, 0) is 4.79 Å². The van der Waals surface area contributed by atoms with Crippen LogP contribution in [0.25, 0.3) is 10.9 Å². The highest BCUT2D eigenvalue weighted by Crippen LogP contribution is 2.35. The van der Waals surface area contributed by atoms with Crippen molar-refractivity contribution in [2.24, 2.45) is 0 Å². The first-order valence-electron chi connectivity index (χ1n) is 9.23. The molecule has 0 bridgehead atoms. The molecule has 1 unspecified atom stereocenters. The first-order chi connectivity index (χ1) is 14.1. The zero-order chi connectivity index (χ0) is 20.2. The highest BCUT2D eigenvalue weighted by Gasteiger charge is 2.21. The van der Waals surface area contributed by atoms with Gasteiger partial charge < -0.3 is 15.7 Å². The quantitative estimate of drug-likeness (QED) is 0.472. The number of aromatic nitrogens is 2. The van der Waals surface area contributed by atoms with E-state index in [1.807, 2.05) is 66.7 Å². The lowest BCUT2D eigenvalue weighted by molar-refractivity contribution is -0.114. The first-order valence-corrected chi connectivity index (χ1v) is 9.23. The van der Waals surface area contributed by atoms with Gasteiger partial charge in [0.2, 0.25) is 5.91 Å². The number of rotatable bonds is 5. The van der Waals surface area contributed by atoms with Crippen molar-refractivity contribution in [2.45, 2.75) is 13.0 Å². The summed E-state index contributed by atoms with van der Waals surface area (Å²) in [5, 5.41) is 18.0. The van der Waals surface area contributed by atoms with E-state index in [1.54, 1.807) is 12.4 Å². The van der Waals surface area contributed by atoms with E-state index in [9.17, 15) is 9.90 Å². The number of phenols is 1. The van der Waals surface area contributed by atoms with Crippen LogP contribution in [0.15, 0.2) is 79.1 Å². The molecule has 1 atom stereocenters. The molecule has 2 aromatic heterocycles. The van der Waals surface area contributed by atoms with Gasteiger partial charge in [-0.15, -0.1) is 0 Å². The average Bonchev–Trinajstić information content (AvgIpc) is 2.74. The Morgan fingerprint density at radius 3 is 2.38 bits per heavy atom. The molecule has 0 fully saturated rings. The maximum Gasteiger partial charge on any atom is 0.221 e. The van der Waals surface area contributed by atoms with Crippen molar-refractivity contribution >= 4 is 28.2 Å². The van der Waals surface area contributed by atoms with Crippen molar-refractivity contribution in [1.29, 1.82) is 0 Å². The van der Waals surface area contributed by atoms with Gasteiger partial charge in [0.25, 0.3) is 0 Å². The number of carbonyl (C=O) groups excluding carboxylic acids is 1. The summed E-state index contributed by atoms with van der Waals surface area (Å²) in [6, 6.07) is 20.3. The summed E-state index contributed by atoms with van der Waals surface area (Å²) in [6.07, 6.45) is 3.38. The van der Waals surface area contributed by atoms with Crippen LogP contribution in [0.4, 0.5) is 11.4 Å². The van der Waals surface area contributed by atoms with E-state index >= 15 is 0 Å². The Morgan fingerprint density at radius 2 is 1.66 bits per heavy atom. The lowest BCUT2D eigenvalue weighted by atomic mass is 9.99. The van der Waals surface area contributed by atoms with E-state index < -0.39 is 0 Å². The molecule has 0 saturated carbocycles. The van der Waals surface area contributed by atoms with E-state index in [1.165, 1.54) is 6.92 Å². The fourth-order valence-corrected chi connectivity index (χ4v) is 3.26. The number of hydrogen-bond donors (Lipinski definition) is 3. The van der Waals surface area contributed by atoms with Crippen LogP contribution in [0.3, 0.4) is 0 Å². The molecule has 0 spiro atoms. The topological polar surface area (TPSA) is 87.1 Å². The highest BCUT2D eigenvalue weighted by atomic mass is 16.3. The number of amides is 1. The number of nitrogens with zero attached hydrogens (tertiary/aromatic N) is 2. The molecule has 6 nitrogen and oxygen atoms in total. The molecule has 0 aliphatic heterocycles. The maximum absolute atomic E-state index is 11.2. The molecular weight excluding hydrogens is 364 g/mol. The Kier molecular flexibility index (Phi) is 5.07. The number of benzene rings is 2. The van der Waals surface area contributed by atoms with E-state index in [0.717, 1.165) is 22.5 Å². The van der Waals surface area contributed by atoms with Crippen molar-refractivity contribution in [2.75, 3.05) is 10.6 Å². The molecule has 4 rings (SSSR count). The van der Waals surface area contributed by atoms with Gasteiger partial charge in [0.1, 0.15) is 11.3 Å². The van der Waals surface area contributed by atoms with E-state index in [-0.39, 0.29) is 17.7 Å². The van der Waals surface area contributed by atoms with Gasteiger partial charge in [-0.2, -0.15) is 0 Å². The summed E-state index contributed by atoms with van der Waals surface area (Å²) in [6.45, 7) is 1.47. The summed E-state index contributed by atoms with van der Waals surface area (Å²) >= 11 is 0. The second-order valence-electron chi connectivity index (χ2n) is 6.67. The van der Waals surface area contributed by atoms with E-state index in [2.05, 4.69) is 20.6 Å². The fraction of sp³-hybridized carbons (Fsp3) is 0.0870. The molecule has 0 aliphatic rings. The third-order valence-corrected chi connectivity index (χ3v) is 4.59. The SMILES string of the molecule is CC(=O)Nc1ccc(NC(c2ccccn2)c2ccc3cccnc3c2O)cc1. The molecule has 2 aromatic carbocycles. The van der Waals surface area contributed by atoms with Gasteiger partial charge in [-0.25, -0.2) is 0 Å². The summed E-state index contributed by atoms with van der Waals surface area (Å²) < 4.78 is 0. The smallest absolute Gasteiger partial charge is 0.221 e. The number of anilines is 2. The number of phenolic OH excluding ortho intramolecular Hbond substituents is 1. The Hall–Kier alpha value is -3.93. The molecule has 29 heavy (non-hydrogen) atoms. The molecule has 3 N–H and O–H groups in total. The Balaban J connectivity index is 1.73. The molecule has 4 aromatic rings. The standard InChI is InChI=1S/C23H20N4O2/c1-15(28)26-17-8-10-18(11-9-17)27-22(20-6-2-3-13-24-20)19-12-7-16-5-4-14-25-21(16)23(19)29/h2-14,22,27,29H,1H3,(H,26,28). The predicted molar refractivity (Wildman–Crippen MR) is 114 cm³/mol. The van der Waals surface area contributed by atoms with Crippen molar-refractivity contribution < 1.29 is 9.90 Å². The predicted octanol–water partition coefficient (Wildman–Crippen LogP) is 4.50. The third kappa shape index (κ3) is 4.01. The number of aromatic hydroxyl groups is 1. The molecule has 0 saturated heterocycles. The van der Waals surface area contributed by atoms with Crippen molar-refractivity contribution in [3.63, 3.8) is 0 Å². The average molecular weight is 384 g/mol. The Bertz CT molecular complexity index is 1140. The van der Waals surface area contributed by atoms with E-state index in [4.69, 9.17) is 0 Å². The van der Waals surface area contributed by atoms with Crippen LogP contribution in [0, 0.1) is 0 Å². The molecule has 144 valence electrons. The maximum atomic E-state index is 11.2. The lowest BCUT2D eigenvalue weighted by Gasteiger charge is -2.22. The lowest BCUT2D eigenvalue weighted by Crippen LogP contribution is -2.14. The minimum atomic E-state index is -0.380. The molecular formula is C23H20N4O2. The van der Waals surface area contributed by atoms with Crippen LogP contribution in [0.1, 0.15) is 24.2 Å². The van der Waals surface area contributed by atoms with Crippen LogP contribution in [-0.4, -0.2) is 21.0 Å². The van der Waals surface area contributed by atoms with E-state index in [0.29, 0.717) is 11.1 Å². The number of fused-ring (bicyclic) bond motifs is 1. The first kappa shape index (κ1) is 18.4. The van der Waals surface area contributed by atoms with Crippen molar-refractivity contribution in [1.82, 2.24) is 9.97 Å². The van der Waals surface area contributed by atoms with Crippen LogP contribution in [0.2, 0.25) is 0 Å². The van der Waals surface area contributed by atoms with Gasteiger partial charge in [0.15, 0.2) is 0 Å². The molecule has 0 aliphatic carbocycles. The summed E-state index contributed by atoms with van der Waals surface area (Å²) in [5.41, 5.74) is 3.55. The molecule has 2 heterocycles. The fourth-order valence-electron chi connectivity index (χ4n) is 3.26. The van der Waals surface area contributed by atoms with Crippen LogP contribution in [0.5, 0.6) is 5.75 Å². The summed E-state index contributed by atoms with van der Waals surface area (Å²) in [5.74, 6) is 0.00627. The molecule has 1 amide bonds. The third-order valence-electron chi connectivity index (χ3n) is 4.59. The van der Waals surface area contributed by atoms with Crippen LogP contribution >= 0.6 is 0 Å². The summed E-state index contributed by atoms with van der Waals surface area (Å²) in [4.78, 5) is 20.0. The van der Waals surface area contributed by atoms with Gasteiger partial charge in [-0.3, -0.25) is 14.8 Å². The number of carbonyl (C=O) groups is 1. The van der Waals surface area contributed by atoms with Gasteiger partial charge in [-0.1, -0.05) is 24.3 Å².